The van der Waals surface area contributed by atoms with Crippen molar-refractivity contribution in [2.75, 3.05) is 33.5 Å². The van der Waals surface area contributed by atoms with Crippen LogP contribution < -0.4 is 10.5 Å². The van der Waals surface area contributed by atoms with Crippen molar-refractivity contribution in [1.82, 2.24) is 0 Å². The number of hydrogen-bond acceptors (Lipinski definition) is 4. The van der Waals surface area contributed by atoms with Crippen molar-refractivity contribution < 1.29 is 14.2 Å². The number of methoxy groups -OCH3 is 1. The summed E-state index contributed by atoms with van der Waals surface area (Å²) in [7, 11) is 1.64. The molecule has 0 saturated carbocycles. The second-order valence-electron chi connectivity index (χ2n) is 3.41. The van der Waals surface area contributed by atoms with Crippen LogP contribution in [-0.4, -0.2) is 33.5 Å². The van der Waals surface area contributed by atoms with Gasteiger partial charge in [-0.15, -0.1) is 0 Å². The molecule has 0 amide bonds. The van der Waals surface area contributed by atoms with Gasteiger partial charge < -0.3 is 19.9 Å². The summed E-state index contributed by atoms with van der Waals surface area (Å²) >= 11 is 6.00. The molecule has 4 nitrogen and oxygen atoms in total. The van der Waals surface area contributed by atoms with Crippen molar-refractivity contribution in [3.05, 3.63) is 28.8 Å². The van der Waals surface area contributed by atoms with E-state index in [1.165, 1.54) is 0 Å². The van der Waals surface area contributed by atoms with Crippen LogP contribution >= 0.6 is 11.6 Å². The van der Waals surface area contributed by atoms with E-state index in [4.69, 9.17) is 31.5 Å². The van der Waals surface area contributed by atoms with E-state index in [0.717, 1.165) is 11.3 Å². The maximum absolute atomic E-state index is 6.00. The van der Waals surface area contributed by atoms with Gasteiger partial charge >= 0.3 is 0 Å². The molecule has 96 valence electrons. The molecule has 0 bridgehead atoms. The molecular formula is C12H18ClNO3. The fraction of sp³-hybridized carbons (Fsp3) is 0.500. The molecule has 1 rings (SSSR count). The van der Waals surface area contributed by atoms with Crippen molar-refractivity contribution in [2.45, 2.75) is 6.54 Å². The third-order valence-corrected chi connectivity index (χ3v) is 2.52. The first kappa shape index (κ1) is 14.3. The predicted octanol–water partition coefficient (Wildman–Crippen LogP) is 1.84. The van der Waals surface area contributed by atoms with Crippen molar-refractivity contribution in [1.29, 1.82) is 0 Å². The van der Waals surface area contributed by atoms with E-state index in [9.17, 15) is 0 Å². The summed E-state index contributed by atoms with van der Waals surface area (Å²) < 4.78 is 15.6. The van der Waals surface area contributed by atoms with Crippen LogP contribution in [0.25, 0.3) is 0 Å². The number of rotatable bonds is 8. The molecule has 0 saturated heterocycles. The third-order valence-electron chi connectivity index (χ3n) is 2.17. The minimum Gasteiger partial charge on any atom is -0.491 e. The Bertz CT molecular complexity index is 334. The van der Waals surface area contributed by atoms with E-state index in [2.05, 4.69) is 0 Å². The maximum Gasteiger partial charge on any atom is 0.120 e. The van der Waals surface area contributed by atoms with Gasteiger partial charge in [0.15, 0.2) is 0 Å². The van der Waals surface area contributed by atoms with Crippen molar-refractivity contribution in [3.63, 3.8) is 0 Å². The zero-order chi connectivity index (χ0) is 12.5. The third kappa shape index (κ3) is 5.37. The Labute approximate surface area is 107 Å². The quantitative estimate of drug-likeness (QED) is 0.724. The summed E-state index contributed by atoms with van der Waals surface area (Å²) in [5, 5.41) is 0.630. The van der Waals surface area contributed by atoms with Gasteiger partial charge in [0.2, 0.25) is 0 Å². The molecule has 0 aliphatic rings. The second kappa shape index (κ2) is 8.31. The van der Waals surface area contributed by atoms with Gasteiger partial charge in [0.25, 0.3) is 0 Å². The van der Waals surface area contributed by atoms with Crippen molar-refractivity contribution >= 4 is 11.6 Å². The lowest BCUT2D eigenvalue weighted by Gasteiger charge is -2.08. The topological polar surface area (TPSA) is 53.7 Å². The molecule has 1 aromatic rings. The number of halogens is 1. The van der Waals surface area contributed by atoms with Crippen LogP contribution in [0.15, 0.2) is 18.2 Å². The molecule has 0 unspecified atom stereocenters. The highest BCUT2D eigenvalue weighted by atomic mass is 35.5. The highest BCUT2D eigenvalue weighted by Crippen LogP contribution is 2.22. The Morgan fingerprint density at radius 3 is 2.59 bits per heavy atom. The van der Waals surface area contributed by atoms with E-state index < -0.39 is 0 Å². The lowest BCUT2D eigenvalue weighted by atomic mass is 10.2. The van der Waals surface area contributed by atoms with Gasteiger partial charge in [-0.05, 0) is 17.7 Å². The normalized spacial score (nSPS) is 10.5. The smallest absolute Gasteiger partial charge is 0.120 e. The van der Waals surface area contributed by atoms with E-state index in [-0.39, 0.29) is 0 Å². The summed E-state index contributed by atoms with van der Waals surface area (Å²) in [4.78, 5) is 0. The first-order valence-electron chi connectivity index (χ1n) is 5.46. The van der Waals surface area contributed by atoms with Gasteiger partial charge in [-0.2, -0.15) is 0 Å². The van der Waals surface area contributed by atoms with E-state index in [0.29, 0.717) is 38.0 Å². The molecule has 17 heavy (non-hydrogen) atoms. The van der Waals surface area contributed by atoms with Crippen LogP contribution in [0.5, 0.6) is 5.75 Å². The number of benzene rings is 1. The van der Waals surface area contributed by atoms with Gasteiger partial charge in [-0.25, -0.2) is 0 Å². The Morgan fingerprint density at radius 1 is 1.18 bits per heavy atom. The molecule has 0 aliphatic heterocycles. The molecule has 0 aliphatic carbocycles. The molecule has 1 aromatic carbocycles. The van der Waals surface area contributed by atoms with Gasteiger partial charge in [-0.3, -0.25) is 0 Å². The summed E-state index contributed by atoms with van der Waals surface area (Å²) in [6.07, 6.45) is 0. The van der Waals surface area contributed by atoms with E-state index in [1.54, 1.807) is 13.2 Å². The van der Waals surface area contributed by atoms with E-state index >= 15 is 0 Å². The molecule has 0 fully saturated rings. The monoisotopic (exact) mass is 259 g/mol. The van der Waals surface area contributed by atoms with Gasteiger partial charge in [-0.1, -0.05) is 17.7 Å². The number of ether oxygens (including phenoxy) is 3. The first-order chi connectivity index (χ1) is 8.27. The zero-order valence-electron chi connectivity index (χ0n) is 9.95. The SMILES string of the molecule is COCCOCCOc1ccc(CN)c(Cl)c1. The Morgan fingerprint density at radius 2 is 1.94 bits per heavy atom. The Hall–Kier alpha value is -0.810. The average Bonchev–Trinajstić information content (AvgIpc) is 2.34. The molecule has 0 spiro atoms. The lowest BCUT2D eigenvalue weighted by Crippen LogP contribution is -2.10. The highest BCUT2D eigenvalue weighted by molar-refractivity contribution is 6.31. The van der Waals surface area contributed by atoms with Crippen LogP contribution in [0.4, 0.5) is 0 Å². The molecule has 2 N–H and O–H groups in total. The van der Waals surface area contributed by atoms with Crippen LogP contribution in [0.1, 0.15) is 5.56 Å². The van der Waals surface area contributed by atoms with Crippen molar-refractivity contribution in [3.8, 4) is 5.75 Å². The minimum atomic E-state index is 0.430. The van der Waals surface area contributed by atoms with Gasteiger partial charge in [0.1, 0.15) is 12.4 Å². The fourth-order valence-electron chi connectivity index (χ4n) is 1.25. The van der Waals surface area contributed by atoms with Crippen LogP contribution in [0.3, 0.4) is 0 Å². The standard InChI is InChI=1S/C12H18ClNO3/c1-15-4-5-16-6-7-17-11-3-2-10(9-14)12(13)8-11/h2-3,8H,4-7,9,14H2,1H3. The van der Waals surface area contributed by atoms with Crippen LogP contribution in [0, 0.1) is 0 Å². The molecular weight excluding hydrogens is 242 g/mol. The molecule has 0 heterocycles. The Balaban J connectivity index is 2.25. The van der Waals surface area contributed by atoms with Crippen LogP contribution in [0.2, 0.25) is 5.02 Å². The average molecular weight is 260 g/mol. The van der Waals surface area contributed by atoms with Crippen LogP contribution in [-0.2, 0) is 16.0 Å². The number of nitrogens with two attached hydrogens (primary N) is 1. The number of hydrogen-bond donors (Lipinski definition) is 1. The lowest BCUT2D eigenvalue weighted by molar-refractivity contribution is 0.0544. The Kier molecular flexibility index (Phi) is 6.96. The first-order valence-corrected chi connectivity index (χ1v) is 5.83. The molecule has 0 atom stereocenters. The highest BCUT2D eigenvalue weighted by Gasteiger charge is 2.00. The second-order valence-corrected chi connectivity index (χ2v) is 3.82. The molecule has 0 aromatic heterocycles. The van der Waals surface area contributed by atoms with Gasteiger partial charge in [0.05, 0.1) is 19.8 Å². The summed E-state index contributed by atoms with van der Waals surface area (Å²) in [6.45, 7) is 2.62. The summed E-state index contributed by atoms with van der Waals surface area (Å²) in [5.41, 5.74) is 6.42. The fourth-order valence-corrected chi connectivity index (χ4v) is 1.49. The zero-order valence-corrected chi connectivity index (χ0v) is 10.7. The maximum atomic E-state index is 6.00. The molecule has 5 heteroatoms. The molecule has 0 radical (unpaired) electrons. The minimum absolute atomic E-state index is 0.430. The van der Waals surface area contributed by atoms with Crippen molar-refractivity contribution in [2.24, 2.45) is 5.73 Å². The van der Waals surface area contributed by atoms with E-state index in [1.807, 2.05) is 12.1 Å². The predicted molar refractivity (Wildman–Crippen MR) is 67.5 cm³/mol. The van der Waals surface area contributed by atoms with Gasteiger partial charge in [0, 0.05) is 18.7 Å². The summed E-state index contributed by atoms with van der Waals surface area (Å²) in [5.74, 6) is 0.725. The summed E-state index contributed by atoms with van der Waals surface area (Å²) in [6, 6.07) is 5.48. The largest absolute Gasteiger partial charge is 0.491 e.